The first kappa shape index (κ1) is 18.2. The molecule has 0 radical (unpaired) electrons. The van der Waals surface area contributed by atoms with Crippen LogP contribution in [-0.4, -0.2) is 27.5 Å². The van der Waals surface area contributed by atoms with Gasteiger partial charge in [0.25, 0.3) is 0 Å². The third-order valence-electron chi connectivity index (χ3n) is 5.50. The number of hydrogen-bond donors (Lipinski definition) is 1. The molecule has 3 aromatic rings. The average molecular weight is 410 g/mol. The maximum absolute atomic E-state index is 12.6. The molecule has 1 amide bonds. The summed E-state index contributed by atoms with van der Waals surface area (Å²) in [6, 6.07) is 7.70. The molecule has 150 valence electrons. The van der Waals surface area contributed by atoms with E-state index in [1.165, 1.54) is 17.8 Å². The minimum Gasteiger partial charge on any atom is -0.454 e. The molecule has 2 aliphatic rings. The largest absolute Gasteiger partial charge is 0.454 e. The van der Waals surface area contributed by atoms with Gasteiger partial charge in [0, 0.05) is 30.0 Å². The molecule has 1 saturated carbocycles. The summed E-state index contributed by atoms with van der Waals surface area (Å²) in [4.78, 5) is 17.3. The van der Waals surface area contributed by atoms with Crippen molar-refractivity contribution < 1.29 is 14.3 Å². The van der Waals surface area contributed by atoms with E-state index in [2.05, 4.69) is 10.4 Å². The highest BCUT2D eigenvalue weighted by Crippen LogP contribution is 2.37. The summed E-state index contributed by atoms with van der Waals surface area (Å²) in [5.41, 5.74) is 2.59. The molecule has 0 spiro atoms. The van der Waals surface area contributed by atoms with Crippen LogP contribution >= 0.6 is 11.3 Å². The number of nitrogens with zero attached hydrogens (tertiary/aromatic N) is 3. The molecule has 5 rings (SSSR count). The van der Waals surface area contributed by atoms with E-state index in [1.807, 2.05) is 36.7 Å². The Morgan fingerprint density at radius 3 is 2.83 bits per heavy atom. The van der Waals surface area contributed by atoms with Crippen LogP contribution in [0.2, 0.25) is 0 Å². The highest BCUT2D eigenvalue weighted by atomic mass is 32.1. The summed E-state index contributed by atoms with van der Waals surface area (Å²) in [7, 11) is 1.84. The Labute approximate surface area is 172 Å². The molecule has 7 nitrogen and oxygen atoms in total. The van der Waals surface area contributed by atoms with Gasteiger partial charge in [-0.05, 0) is 31.0 Å². The van der Waals surface area contributed by atoms with Gasteiger partial charge in [-0.2, -0.15) is 5.10 Å². The second-order valence-electron chi connectivity index (χ2n) is 7.47. The van der Waals surface area contributed by atoms with E-state index in [9.17, 15) is 4.79 Å². The van der Waals surface area contributed by atoms with Gasteiger partial charge in [-0.1, -0.05) is 19.3 Å². The number of benzene rings is 1. The Hall–Kier alpha value is -2.87. The summed E-state index contributed by atoms with van der Waals surface area (Å²) < 4.78 is 12.5. The number of thiazole rings is 1. The van der Waals surface area contributed by atoms with Crippen molar-refractivity contribution in [2.24, 2.45) is 13.0 Å². The molecule has 1 fully saturated rings. The van der Waals surface area contributed by atoms with Crippen molar-refractivity contribution in [1.82, 2.24) is 14.8 Å². The molecule has 1 aliphatic heterocycles. The van der Waals surface area contributed by atoms with Crippen molar-refractivity contribution in [2.45, 2.75) is 32.1 Å². The van der Waals surface area contributed by atoms with Crippen molar-refractivity contribution in [1.29, 1.82) is 0 Å². The Morgan fingerprint density at radius 2 is 1.97 bits per heavy atom. The Kier molecular flexibility index (Phi) is 4.71. The van der Waals surface area contributed by atoms with E-state index in [-0.39, 0.29) is 18.6 Å². The second kappa shape index (κ2) is 7.51. The zero-order chi connectivity index (χ0) is 19.8. The van der Waals surface area contributed by atoms with Crippen LogP contribution in [0.1, 0.15) is 32.1 Å². The maximum Gasteiger partial charge on any atom is 0.231 e. The first-order chi connectivity index (χ1) is 14.2. The van der Waals surface area contributed by atoms with Crippen LogP contribution in [0.3, 0.4) is 0 Å². The van der Waals surface area contributed by atoms with E-state index in [0.717, 1.165) is 59.1 Å². The minimum atomic E-state index is 0.0967. The predicted octanol–water partition coefficient (Wildman–Crippen LogP) is 4.46. The lowest BCUT2D eigenvalue weighted by Crippen LogP contribution is -2.25. The normalized spacial score (nSPS) is 16.2. The molecule has 0 atom stereocenters. The third kappa shape index (κ3) is 3.60. The summed E-state index contributed by atoms with van der Waals surface area (Å²) in [6.07, 6.45) is 5.45. The molecular weight excluding hydrogens is 388 g/mol. The number of nitrogens with one attached hydrogen (secondary N) is 1. The van der Waals surface area contributed by atoms with Gasteiger partial charge in [0.05, 0.1) is 5.69 Å². The van der Waals surface area contributed by atoms with Crippen LogP contribution < -0.4 is 14.8 Å². The van der Waals surface area contributed by atoms with Crippen LogP contribution in [-0.2, 0) is 11.8 Å². The lowest BCUT2D eigenvalue weighted by atomic mass is 9.89. The van der Waals surface area contributed by atoms with Crippen LogP contribution in [0, 0.1) is 5.92 Å². The number of aromatic nitrogens is 3. The summed E-state index contributed by atoms with van der Waals surface area (Å²) >= 11 is 1.53. The molecule has 0 saturated heterocycles. The average Bonchev–Trinajstić information content (AvgIpc) is 3.48. The highest BCUT2D eigenvalue weighted by Gasteiger charge is 2.23. The molecular formula is C21H22N4O3S. The fourth-order valence-electron chi connectivity index (χ4n) is 3.86. The molecule has 2 aromatic heterocycles. The van der Waals surface area contributed by atoms with E-state index >= 15 is 0 Å². The summed E-state index contributed by atoms with van der Waals surface area (Å²) in [5, 5.41) is 10.4. The lowest BCUT2D eigenvalue weighted by molar-refractivity contribution is -0.120. The third-order valence-corrected chi connectivity index (χ3v) is 6.36. The van der Waals surface area contributed by atoms with E-state index in [1.54, 1.807) is 4.68 Å². The van der Waals surface area contributed by atoms with Gasteiger partial charge >= 0.3 is 0 Å². The monoisotopic (exact) mass is 410 g/mol. The molecule has 0 unspecified atom stereocenters. The predicted molar refractivity (Wildman–Crippen MR) is 111 cm³/mol. The van der Waals surface area contributed by atoms with Crippen LogP contribution in [0.5, 0.6) is 11.5 Å². The number of anilines is 1. The molecule has 8 heteroatoms. The number of aryl methyl sites for hydroxylation is 1. The smallest absolute Gasteiger partial charge is 0.231 e. The molecule has 29 heavy (non-hydrogen) atoms. The lowest BCUT2D eigenvalue weighted by Gasteiger charge is -2.20. The zero-order valence-corrected chi connectivity index (χ0v) is 17.0. The molecule has 0 bridgehead atoms. The number of ether oxygens (including phenoxy) is 2. The Balaban J connectivity index is 1.34. The first-order valence-electron chi connectivity index (χ1n) is 9.88. The van der Waals surface area contributed by atoms with E-state index < -0.39 is 0 Å². The topological polar surface area (TPSA) is 78.3 Å². The van der Waals surface area contributed by atoms with Gasteiger partial charge in [-0.15, -0.1) is 11.3 Å². The van der Waals surface area contributed by atoms with Gasteiger partial charge in [0.1, 0.15) is 16.5 Å². The van der Waals surface area contributed by atoms with Gasteiger partial charge in [-0.3, -0.25) is 9.48 Å². The minimum absolute atomic E-state index is 0.0967. The molecule has 1 aromatic carbocycles. The molecule has 3 heterocycles. The van der Waals surface area contributed by atoms with Crippen LogP contribution in [0.25, 0.3) is 22.0 Å². The number of hydrogen-bond acceptors (Lipinski definition) is 6. The number of carbonyl (C=O) groups is 1. The Bertz CT molecular complexity index is 1050. The number of fused-ring (bicyclic) bond motifs is 1. The van der Waals surface area contributed by atoms with Crippen molar-refractivity contribution in [3.63, 3.8) is 0 Å². The summed E-state index contributed by atoms with van der Waals surface area (Å²) in [5.74, 6) is 2.41. The van der Waals surface area contributed by atoms with Crippen molar-refractivity contribution in [2.75, 3.05) is 12.1 Å². The van der Waals surface area contributed by atoms with Gasteiger partial charge in [-0.25, -0.2) is 4.98 Å². The quantitative estimate of drug-likeness (QED) is 0.687. The van der Waals surface area contributed by atoms with Gasteiger partial charge in [0.2, 0.25) is 12.7 Å². The van der Waals surface area contributed by atoms with Crippen LogP contribution in [0.15, 0.2) is 29.6 Å². The zero-order valence-electron chi connectivity index (χ0n) is 16.2. The number of carbonyl (C=O) groups excluding carboxylic acids is 1. The molecule has 1 aliphatic carbocycles. The van der Waals surface area contributed by atoms with E-state index in [4.69, 9.17) is 14.5 Å². The van der Waals surface area contributed by atoms with Crippen molar-refractivity contribution in [3.05, 3.63) is 29.6 Å². The first-order valence-corrected chi connectivity index (χ1v) is 10.8. The van der Waals surface area contributed by atoms with Crippen LogP contribution in [0.4, 0.5) is 5.82 Å². The van der Waals surface area contributed by atoms with Gasteiger partial charge < -0.3 is 14.8 Å². The van der Waals surface area contributed by atoms with Gasteiger partial charge in [0.15, 0.2) is 11.5 Å². The molecule has 1 N–H and O–H groups in total. The van der Waals surface area contributed by atoms with E-state index in [0.29, 0.717) is 5.82 Å². The summed E-state index contributed by atoms with van der Waals surface area (Å²) in [6.45, 7) is 0.254. The fraction of sp³-hybridized carbons (Fsp3) is 0.381. The maximum atomic E-state index is 12.6. The van der Waals surface area contributed by atoms with Crippen molar-refractivity contribution in [3.8, 4) is 33.5 Å². The SMILES string of the molecule is Cn1nc(-c2nc(-c3ccc4c(c3)OCO4)cs2)cc1NC(=O)C1CCCCC1. The Morgan fingerprint density at radius 1 is 1.14 bits per heavy atom. The fourth-order valence-corrected chi connectivity index (χ4v) is 4.65. The number of rotatable bonds is 4. The van der Waals surface area contributed by atoms with Crippen molar-refractivity contribution >= 4 is 23.1 Å². The standard InChI is InChI=1S/C21H22N4O3S/c1-25-19(23-20(26)13-5-3-2-4-6-13)10-15(24-25)21-22-16(11-29-21)14-7-8-17-18(9-14)28-12-27-17/h7-11,13H,2-6,12H2,1H3,(H,23,26). The number of amides is 1. The second-order valence-corrected chi connectivity index (χ2v) is 8.33. The highest BCUT2D eigenvalue weighted by molar-refractivity contribution is 7.13.